The third-order valence-corrected chi connectivity index (χ3v) is 2.43. The molecule has 5 nitrogen and oxygen atoms in total. The maximum absolute atomic E-state index is 9.39. The van der Waals surface area contributed by atoms with Crippen molar-refractivity contribution in [1.29, 1.82) is 0 Å². The first-order valence-electron chi connectivity index (χ1n) is 3.95. The lowest BCUT2D eigenvalue weighted by molar-refractivity contribution is 0.371. The second-order valence-electron chi connectivity index (χ2n) is 2.72. The predicted octanol–water partition coefficient (Wildman–Crippen LogP) is 2.61. The van der Waals surface area contributed by atoms with Gasteiger partial charge >= 0.3 is 16.5 Å². The average Bonchev–Trinajstić information content (AvgIpc) is 2.01. The quantitative estimate of drug-likeness (QED) is 0.788. The van der Waals surface area contributed by atoms with Crippen LogP contribution in [0, 0.1) is 13.8 Å². The predicted molar refractivity (Wildman–Crippen MR) is 56.7 cm³/mol. The smallest absolute Gasteiger partial charge is 0.131 e. The molecule has 0 spiro atoms. The van der Waals surface area contributed by atoms with Crippen molar-refractivity contribution in [3.05, 3.63) is 35.4 Å². The summed E-state index contributed by atoms with van der Waals surface area (Å²) < 4.78 is 22.2. The van der Waals surface area contributed by atoms with E-state index in [-0.39, 0.29) is 0 Å². The molecule has 1 aromatic carbocycles. The highest BCUT2D eigenvalue weighted by atomic mass is 31.2. The summed E-state index contributed by atoms with van der Waals surface area (Å²) in [5.41, 5.74) is 2.68. The van der Waals surface area contributed by atoms with Crippen molar-refractivity contribution >= 4 is 16.5 Å². The largest absolute Gasteiger partial charge is 0.745 e. The van der Waals surface area contributed by atoms with Gasteiger partial charge in [0, 0.05) is 9.13 Å². The van der Waals surface area contributed by atoms with Crippen LogP contribution >= 0.6 is 16.5 Å². The van der Waals surface area contributed by atoms with Gasteiger partial charge in [0.2, 0.25) is 0 Å². The van der Waals surface area contributed by atoms with Crippen molar-refractivity contribution in [2.75, 3.05) is 0 Å². The fourth-order valence-corrected chi connectivity index (χ4v) is 1.34. The van der Waals surface area contributed by atoms with E-state index in [1.54, 1.807) is 0 Å². The Bertz CT molecular complexity index is 323. The fourth-order valence-electron chi connectivity index (χ4n) is 0.867. The number of rotatable bonds is 2. The molecule has 2 N–H and O–H groups in total. The number of aryl methyl sites for hydroxylation is 2. The normalized spacial score (nSPS) is 11.2. The zero-order chi connectivity index (χ0) is 11.8. The van der Waals surface area contributed by atoms with Crippen LogP contribution in [0.1, 0.15) is 11.1 Å². The Labute approximate surface area is 89.6 Å². The highest BCUT2D eigenvalue weighted by Gasteiger charge is 2.31. The van der Waals surface area contributed by atoms with Gasteiger partial charge < -0.3 is 0 Å². The van der Waals surface area contributed by atoms with Gasteiger partial charge in [-0.1, -0.05) is 35.4 Å². The maximum Gasteiger partial charge on any atom is 0.745 e. The molecule has 2 atom stereocenters. The lowest BCUT2D eigenvalue weighted by Crippen LogP contribution is -1.71. The van der Waals surface area contributed by atoms with E-state index in [0.29, 0.717) is 0 Å². The van der Waals surface area contributed by atoms with Crippen LogP contribution in [0.25, 0.3) is 0 Å². The first kappa shape index (κ1) is 14.3. The molecule has 0 saturated heterocycles. The zero-order valence-corrected chi connectivity index (χ0v) is 10.1. The summed E-state index contributed by atoms with van der Waals surface area (Å²) in [5, 5.41) is 0. The van der Waals surface area contributed by atoms with Gasteiger partial charge in [0.25, 0.3) is 0 Å². The average molecular weight is 250 g/mol. The van der Waals surface area contributed by atoms with Crippen LogP contribution in [0.2, 0.25) is 0 Å². The molecule has 0 aliphatic rings. The Morgan fingerprint density at radius 2 is 1.47 bits per heavy atom. The Balaban J connectivity index is 0.000000265. The summed E-state index contributed by atoms with van der Waals surface area (Å²) in [6.07, 6.45) is 0. The van der Waals surface area contributed by atoms with Crippen molar-refractivity contribution in [1.82, 2.24) is 0 Å². The molecule has 0 aliphatic heterocycles. The third kappa shape index (κ3) is 9.60. The molecular weight excluding hydrogens is 238 g/mol. The zero-order valence-electron chi connectivity index (χ0n) is 8.32. The molecule has 1 aromatic rings. The highest BCUT2D eigenvalue weighted by Crippen LogP contribution is 2.30. The van der Waals surface area contributed by atoms with E-state index in [4.69, 9.17) is 9.79 Å². The molecule has 0 radical (unpaired) electrons. The second kappa shape index (κ2) is 7.57. The van der Waals surface area contributed by atoms with E-state index in [9.17, 15) is 9.13 Å². The van der Waals surface area contributed by atoms with E-state index in [1.165, 1.54) is 11.1 Å². The van der Waals surface area contributed by atoms with Gasteiger partial charge in [-0.25, -0.2) is 0 Å². The molecule has 0 bridgehead atoms. The third-order valence-electron chi connectivity index (χ3n) is 1.31. The number of hydrogen-bond acceptors (Lipinski definition) is 3. The summed E-state index contributed by atoms with van der Waals surface area (Å²) >= 11 is 0. The summed E-state index contributed by atoms with van der Waals surface area (Å²) in [5.74, 6) is 0. The van der Waals surface area contributed by atoms with E-state index >= 15 is 0 Å². The molecule has 0 aromatic heterocycles. The van der Waals surface area contributed by atoms with Crippen molar-refractivity contribution in [2.24, 2.45) is 0 Å². The van der Waals surface area contributed by atoms with Crippen LogP contribution in [0.5, 0.6) is 0 Å². The van der Waals surface area contributed by atoms with Crippen molar-refractivity contribution in [3.63, 3.8) is 0 Å². The Morgan fingerprint density at radius 1 is 1.07 bits per heavy atom. The Hall–Kier alpha value is -0.700. The van der Waals surface area contributed by atoms with Gasteiger partial charge in [-0.3, -0.25) is 0 Å². The molecule has 0 fully saturated rings. The minimum atomic E-state index is -2.92. The van der Waals surface area contributed by atoms with Crippen molar-refractivity contribution in [2.45, 2.75) is 13.8 Å². The molecule has 2 unspecified atom stereocenters. The molecule has 1 rings (SSSR count). The molecule has 0 heterocycles. The van der Waals surface area contributed by atoms with Crippen molar-refractivity contribution < 1.29 is 23.2 Å². The van der Waals surface area contributed by atoms with Gasteiger partial charge in [0.15, 0.2) is 4.31 Å². The molecule has 0 aliphatic carbocycles. The van der Waals surface area contributed by atoms with Crippen LogP contribution in [-0.4, -0.2) is 9.79 Å². The van der Waals surface area contributed by atoms with E-state index in [1.807, 2.05) is 0 Å². The van der Waals surface area contributed by atoms with Gasteiger partial charge in [-0.2, -0.15) is 0 Å². The lowest BCUT2D eigenvalue weighted by atomic mass is 10.2. The van der Waals surface area contributed by atoms with E-state index < -0.39 is 16.5 Å². The van der Waals surface area contributed by atoms with Gasteiger partial charge in [-0.05, 0) is 13.8 Å². The molecule has 0 saturated carbocycles. The SMILES string of the molecule is Cc1cccc(C)c1.O=[P+](O)O[P+](=O)O. The number of benzene rings is 1. The van der Waals surface area contributed by atoms with Gasteiger partial charge in [0.1, 0.15) is 0 Å². The molecule has 0 amide bonds. The number of hydrogen-bond donors (Lipinski definition) is 2. The monoisotopic (exact) mass is 250 g/mol. The van der Waals surface area contributed by atoms with Crippen LogP contribution in [0.3, 0.4) is 0 Å². The summed E-state index contributed by atoms with van der Waals surface area (Å²) in [7, 11) is -5.85. The van der Waals surface area contributed by atoms with Crippen LogP contribution < -0.4 is 0 Å². The van der Waals surface area contributed by atoms with Crippen LogP contribution in [-0.2, 0) is 13.4 Å². The maximum atomic E-state index is 9.39. The summed E-state index contributed by atoms with van der Waals surface area (Å²) in [6, 6.07) is 8.45. The highest BCUT2D eigenvalue weighted by molar-refractivity contribution is 7.46. The summed E-state index contributed by atoms with van der Waals surface area (Å²) in [6.45, 7) is 4.21. The first-order valence-corrected chi connectivity index (χ1v) is 6.21. The van der Waals surface area contributed by atoms with Crippen LogP contribution in [0.15, 0.2) is 24.3 Å². The molecule has 7 heteroatoms. The lowest BCUT2D eigenvalue weighted by Gasteiger charge is -1.90. The fraction of sp³-hybridized carbons (Fsp3) is 0.250. The topological polar surface area (TPSA) is 83.8 Å². The first-order chi connectivity index (χ1) is 6.91. The van der Waals surface area contributed by atoms with Crippen LogP contribution in [0.4, 0.5) is 0 Å². The van der Waals surface area contributed by atoms with Gasteiger partial charge in [0.05, 0.1) is 0 Å². The Kier molecular flexibility index (Phi) is 7.22. The standard InChI is InChI=1S/C8H10.O5P2/c1-7-4-3-5-8(2)6-7;1-6(2)5-7(3)4/h3-6H,1-2H3;/p+2. The molecule has 15 heavy (non-hydrogen) atoms. The van der Waals surface area contributed by atoms with Crippen molar-refractivity contribution in [3.8, 4) is 0 Å². The van der Waals surface area contributed by atoms with E-state index in [0.717, 1.165) is 0 Å². The van der Waals surface area contributed by atoms with Gasteiger partial charge in [-0.15, -0.1) is 9.79 Å². The second-order valence-corrected chi connectivity index (χ2v) is 4.32. The molecule has 82 valence electrons. The van der Waals surface area contributed by atoms with E-state index in [2.05, 4.69) is 42.4 Å². The minimum absolute atomic E-state index is 1.34. The summed E-state index contributed by atoms with van der Waals surface area (Å²) in [4.78, 5) is 15.3. The minimum Gasteiger partial charge on any atom is -0.131 e. The Morgan fingerprint density at radius 3 is 1.60 bits per heavy atom. The molecular formula is C8H12O5P2+2.